The number of carbonyl (C=O) groups excluding carboxylic acids is 2. The topological polar surface area (TPSA) is 99.7 Å². The molecular weight excluding hydrogens is 448 g/mol. The highest BCUT2D eigenvalue weighted by Gasteiger charge is 2.33. The lowest BCUT2D eigenvalue weighted by atomic mass is 10.1. The number of sulfonamides is 1. The van der Waals surface area contributed by atoms with Gasteiger partial charge in [0.15, 0.2) is 0 Å². The second-order valence-electron chi connectivity index (χ2n) is 8.68. The molecule has 0 radical (unpaired) electrons. The predicted molar refractivity (Wildman–Crippen MR) is 122 cm³/mol. The Bertz CT molecular complexity index is 979. The summed E-state index contributed by atoms with van der Waals surface area (Å²) in [5, 5.41) is 0. The van der Waals surface area contributed by atoms with Crippen molar-refractivity contribution in [2.75, 3.05) is 78.1 Å². The molecule has 11 heteroatoms. The van der Waals surface area contributed by atoms with Crippen LogP contribution in [-0.4, -0.2) is 114 Å². The maximum atomic E-state index is 13.6. The van der Waals surface area contributed by atoms with E-state index < -0.39 is 10.0 Å². The first-order chi connectivity index (χ1) is 15.8. The molecule has 3 aliphatic heterocycles. The zero-order chi connectivity index (χ0) is 23.6. The Morgan fingerprint density at radius 2 is 1.64 bits per heavy atom. The van der Waals surface area contributed by atoms with Crippen LogP contribution in [0.1, 0.15) is 23.2 Å². The summed E-state index contributed by atoms with van der Waals surface area (Å²) in [6, 6.07) is 4.74. The summed E-state index contributed by atoms with van der Waals surface area (Å²) in [4.78, 5) is 31.8. The average Bonchev–Trinajstić information content (AvgIpc) is 3.38. The fourth-order valence-corrected chi connectivity index (χ4v) is 5.34. The number of benzene rings is 1. The van der Waals surface area contributed by atoms with Gasteiger partial charge >= 0.3 is 0 Å². The predicted octanol–water partition coefficient (Wildman–Crippen LogP) is 0.237. The molecule has 0 aliphatic carbocycles. The summed E-state index contributed by atoms with van der Waals surface area (Å²) in [5.74, 6) is -0.232. The van der Waals surface area contributed by atoms with Gasteiger partial charge in [0, 0.05) is 65.7 Å². The summed E-state index contributed by atoms with van der Waals surface area (Å²) < 4.78 is 37.5. The van der Waals surface area contributed by atoms with E-state index in [0.29, 0.717) is 70.3 Å². The van der Waals surface area contributed by atoms with Crippen LogP contribution >= 0.6 is 0 Å². The van der Waals surface area contributed by atoms with Gasteiger partial charge in [-0.15, -0.1) is 0 Å². The normalized spacial score (nSPS) is 22.2. The maximum absolute atomic E-state index is 13.6. The van der Waals surface area contributed by atoms with Gasteiger partial charge in [0.2, 0.25) is 10.0 Å². The lowest BCUT2D eigenvalue weighted by Gasteiger charge is -2.37. The summed E-state index contributed by atoms with van der Waals surface area (Å²) in [7, 11) is -0.750. The molecule has 10 nitrogen and oxygen atoms in total. The number of piperazine rings is 1. The first-order valence-corrected chi connectivity index (χ1v) is 12.8. The molecule has 1 aromatic rings. The van der Waals surface area contributed by atoms with E-state index in [-0.39, 0.29) is 22.8 Å². The minimum absolute atomic E-state index is 0.00678. The number of ether oxygens (including phenoxy) is 2. The second-order valence-corrected chi connectivity index (χ2v) is 10.8. The average molecular weight is 481 g/mol. The van der Waals surface area contributed by atoms with E-state index >= 15 is 0 Å². The Morgan fingerprint density at radius 3 is 2.24 bits per heavy atom. The summed E-state index contributed by atoms with van der Waals surface area (Å²) in [6.07, 6.45) is 1.27. The highest BCUT2D eigenvalue weighted by atomic mass is 32.2. The zero-order valence-electron chi connectivity index (χ0n) is 19.2. The number of nitrogens with zero attached hydrogens (tertiary/aromatic N) is 4. The highest BCUT2D eigenvalue weighted by molar-refractivity contribution is 7.89. The number of morpholine rings is 1. The fourth-order valence-electron chi connectivity index (χ4n) is 4.41. The van der Waals surface area contributed by atoms with Gasteiger partial charge in [-0.05, 0) is 31.0 Å². The molecule has 4 rings (SSSR count). The minimum atomic E-state index is -3.69. The van der Waals surface area contributed by atoms with Crippen molar-refractivity contribution in [1.29, 1.82) is 0 Å². The Labute approximate surface area is 195 Å². The Kier molecular flexibility index (Phi) is 7.22. The molecule has 0 spiro atoms. The van der Waals surface area contributed by atoms with Crippen LogP contribution in [-0.2, 0) is 24.3 Å². The van der Waals surface area contributed by atoms with Crippen molar-refractivity contribution >= 4 is 27.5 Å². The summed E-state index contributed by atoms with van der Waals surface area (Å²) in [5.41, 5.74) is 1.07. The Balaban J connectivity index is 1.55. The van der Waals surface area contributed by atoms with Crippen molar-refractivity contribution in [3.05, 3.63) is 23.8 Å². The van der Waals surface area contributed by atoms with Crippen LogP contribution in [0.15, 0.2) is 23.1 Å². The molecule has 3 heterocycles. The van der Waals surface area contributed by atoms with Gasteiger partial charge in [0.05, 0.1) is 23.7 Å². The van der Waals surface area contributed by atoms with Crippen LogP contribution in [0, 0.1) is 0 Å². The van der Waals surface area contributed by atoms with Gasteiger partial charge in [-0.3, -0.25) is 9.59 Å². The van der Waals surface area contributed by atoms with Crippen LogP contribution < -0.4 is 4.90 Å². The van der Waals surface area contributed by atoms with Crippen molar-refractivity contribution in [3.8, 4) is 0 Å². The Hall–Kier alpha value is -2.21. The molecule has 1 aromatic carbocycles. The molecule has 1 unspecified atom stereocenters. The van der Waals surface area contributed by atoms with Crippen molar-refractivity contribution in [2.45, 2.75) is 23.8 Å². The van der Waals surface area contributed by atoms with Gasteiger partial charge in [-0.25, -0.2) is 12.7 Å². The SMILES string of the molecule is CN(C)S(=O)(=O)c1ccc(N2CCOCC2)c(C(=O)N2CCN(C(=O)C3CCCO3)CC2)c1. The lowest BCUT2D eigenvalue weighted by Crippen LogP contribution is -2.53. The van der Waals surface area contributed by atoms with Crippen LogP contribution in [0.3, 0.4) is 0 Å². The fraction of sp³-hybridized carbons (Fsp3) is 0.636. The monoisotopic (exact) mass is 480 g/mol. The number of hydrogen-bond donors (Lipinski definition) is 0. The maximum Gasteiger partial charge on any atom is 0.256 e. The lowest BCUT2D eigenvalue weighted by molar-refractivity contribution is -0.142. The van der Waals surface area contributed by atoms with Crippen molar-refractivity contribution < 1.29 is 27.5 Å². The molecule has 3 saturated heterocycles. The third kappa shape index (κ3) is 5.01. The standard InChI is InChI=1S/C22H32N4O6S/c1-23(2)33(29,30)17-5-6-19(24-11-14-31-15-12-24)18(16-17)21(27)25-7-9-26(10-8-25)22(28)20-4-3-13-32-20/h5-6,16,20H,3-4,7-15H2,1-2H3. The molecule has 3 aliphatic rings. The van der Waals surface area contributed by atoms with Gasteiger partial charge in [0.1, 0.15) is 6.10 Å². The highest BCUT2D eigenvalue weighted by Crippen LogP contribution is 2.28. The van der Waals surface area contributed by atoms with Gasteiger partial charge in [0.25, 0.3) is 11.8 Å². The van der Waals surface area contributed by atoms with Crippen molar-refractivity contribution in [2.24, 2.45) is 0 Å². The molecule has 0 N–H and O–H groups in total. The number of anilines is 1. The second kappa shape index (κ2) is 9.96. The van der Waals surface area contributed by atoms with E-state index in [0.717, 1.165) is 17.1 Å². The van der Waals surface area contributed by atoms with Crippen LogP contribution in [0.5, 0.6) is 0 Å². The molecule has 0 saturated carbocycles. The number of rotatable bonds is 5. The molecule has 1 atom stereocenters. The van der Waals surface area contributed by atoms with Crippen LogP contribution in [0.2, 0.25) is 0 Å². The van der Waals surface area contributed by atoms with E-state index in [9.17, 15) is 18.0 Å². The minimum Gasteiger partial charge on any atom is -0.378 e. The molecule has 0 aromatic heterocycles. The quantitative estimate of drug-likeness (QED) is 0.595. The largest absolute Gasteiger partial charge is 0.378 e. The third-order valence-electron chi connectivity index (χ3n) is 6.41. The molecule has 2 amide bonds. The summed E-state index contributed by atoms with van der Waals surface area (Å²) >= 11 is 0. The smallest absolute Gasteiger partial charge is 0.256 e. The molecular formula is C22H32N4O6S. The third-order valence-corrected chi connectivity index (χ3v) is 8.22. The molecule has 33 heavy (non-hydrogen) atoms. The summed E-state index contributed by atoms with van der Waals surface area (Å²) in [6.45, 7) is 4.64. The van der Waals surface area contributed by atoms with Crippen LogP contribution in [0.4, 0.5) is 5.69 Å². The van der Waals surface area contributed by atoms with Crippen molar-refractivity contribution in [1.82, 2.24) is 14.1 Å². The van der Waals surface area contributed by atoms with E-state index in [1.165, 1.54) is 20.2 Å². The van der Waals surface area contributed by atoms with E-state index in [1.54, 1.807) is 21.9 Å². The number of amides is 2. The van der Waals surface area contributed by atoms with Gasteiger partial charge < -0.3 is 24.2 Å². The first-order valence-electron chi connectivity index (χ1n) is 11.4. The van der Waals surface area contributed by atoms with E-state index in [1.807, 2.05) is 0 Å². The molecule has 0 bridgehead atoms. The molecule has 3 fully saturated rings. The van der Waals surface area contributed by atoms with Crippen LogP contribution in [0.25, 0.3) is 0 Å². The van der Waals surface area contributed by atoms with E-state index in [4.69, 9.17) is 9.47 Å². The van der Waals surface area contributed by atoms with E-state index in [2.05, 4.69) is 4.90 Å². The zero-order valence-corrected chi connectivity index (χ0v) is 20.1. The number of carbonyl (C=O) groups is 2. The van der Waals surface area contributed by atoms with Crippen molar-refractivity contribution in [3.63, 3.8) is 0 Å². The number of hydrogen-bond acceptors (Lipinski definition) is 7. The van der Waals surface area contributed by atoms with Gasteiger partial charge in [-0.2, -0.15) is 0 Å². The Morgan fingerprint density at radius 1 is 0.970 bits per heavy atom. The van der Waals surface area contributed by atoms with Gasteiger partial charge in [-0.1, -0.05) is 0 Å². The first kappa shape index (κ1) is 23.9. The molecule has 182 valence electrons.